The summed E-state index contributed by atoms with van der Waals surface area (Å²) in [7, 11) is 0. The number of alkyl halides is 2. The summed E-state index contributed by atoms with van der Waals surface area (Å²) >= 11 is 0. The molecule has 0 bridgehead atoms. The fourth-order valence-electron chi connectivity index (χ4n) is 2.11. The Morgan fingerprint density at radius 2 is 2.00 bits per heavy atom. The zero-order chi connectivity index (χ0) is 15.4. The number of rotatable bonds is 4. The summed E-state index contributed by atoms with van der Waals surface area (Å²) in [5.41, 5.74) is 0.227. The molecule has 1 atom stereocenters. The number of carboxylic acids is 1. The highest BCUT2D eigenvalue weighted by Gasteiger charge is 2.32. The minimum atomic E-state index is -2.93. The molecule has 1 saturated heterocycles. The van der Waals surface area contributed by atoms with E-state index in [1.807, 2.05) is 0 Å². The maximum Gasteiger partial charge on any atom is 0.387 e. The Morgan fingerprint density at radius 1 is 1.33 bits per heavy atom. The predicted octanol–water partition coefficient (Wildman–Crippen LogP) is 0.787. The molecule has 0 radical (unpaired) electrons. The molecule has 114 valence electrons. The standard InChI is InChI=1S/C13H14F2N2O4/c14-13(15)21-9-3-1-8(2-4-9)11(18)17-6-5-16-7-10(17)12(19)20/h1-4,10,13,16H,5-7H2,(H,19,20). The van der Waals surface area contributed by atoms with Gasteiger partial charge in [-0.25, -0.2) is 4.79 Å². The van der Waals surface area contributed by atoms with E-state index in [1.54, 1.807) is 0 Å². The minimum absolute atomic E-state index is 0.0587. The SMILES string of the molecule is O=C(O)C1CNCCN1C(=O)c1ccc(OC(F)F)cc1. The number of amides is 1. The molecule has 2 rings (SSSR count). The minimum Gasteiger partial charge on any atom is -0.480 e. The van der Waals surface area contributed by atoms with E-state index >= 15 is 0 Å². The van der Waals surface area contributed by atoms with Gasteiger partial charge in [0, 0.05) is 25.2 Å². The second-order valence-electron chi connectivity index (χ2n) is 4.46. The number of aliphatic carboxylic acids is 1. The third-order valence-corrected chi connectivity index (χ3v) is 3.12. The Hall–Kier alpha value is -2.22. The van der Waals surface area contributed by atoms with Crippen LogP contribution in [0.3, 0.4) is 0 Å². The number of nitrogens with one attached hydrogen (secondary N) is 1. The lowest BCUT2D eigenvalue weighted by Crippen LogP contribution is -2.56. The number of nitrogens with zero attached hydrogens (tertiary/aromatic N) is 1. The van der Waals surface area contributed by atoms with Gasteiger partial charge >= 0.3 is 12.6 Å². The molecular weight excluding hydrogens is 286 g/mol. The van der Waals surface area contributed by atoms with Crippen molar-refractivity contribution in [2.24, 2.45) is 0 Å². The summed E-state index contributed by atoms with van der Waals surface area (Å²) in [4.78, 5) is 24.7. The second kappa shape index (κ2) is 6.49. The first-order chi connectivity index (χ1) is 9.99. The van der Waals surface area contributed by atoms with Crippen molar-refractivity contribution in [2.75, 3.05) is 19.6 Å². The van der Waals surface area contributed by atoms with Gasteiger partial charge in [-0.15, -0.1) is 0 Å². The predicted molar refractivity (Wildman–Crippen MR) is 68.4 cm³/mol. The topological polar surface area (TPSA) is 78.9 Å². The van der Waals surface area contributed by atoms with Crippen molar-refractivity contribution in [3.05, 3.63) is 29.8 Å². The van der Waals surface area contributed by atoms with Crippen molar-refractivity contribution >= 4 is 11.9 Å². The van der Waals surface area contributed by atoms with Crippen molar-refractivity contribution in [3.63, 3.8) is 0 Å². The van der Waals surface area contributed by atoms with Crippen LogP contribution < -0.4 is 10.1 Å². The van der Waals surface area contributed by atoms with Crippen LogP contribution in [0.5, 0.6) is 5.75 Å². The van der Waals surface area contributed by atoms with E-state index in [9.17, 15) is 18.4 Å². The third kappa shape index (κ3) is 3.66. The van der Waals surface area contributed by atoms with Crippen molar-refractivity contribution in [3.8, 4) is 5.75 Å². The third-order valence-electron chi connectivity index (χ3n) is 3.12. The van der Waals surface area contributed by atoms with Gasteiger partial charge in [-0.2, -0.15) is 8.78 Å². The van der Waals surface area contributed by atoms with Gasteiger partial charge in [0.15, 0.2) is 0 Å². The molecular formula is C13H14F2N2O4. The van der Waals surface area contributed by atoms with Crippen molar-refractivity contribution < 1.29 is 28.2 Å². The Balaban J connectivity index is 2.12. The summed E-state index contributed by atoms with van der Waals surface area (Å²) in [6.45, 7) is -1.99. The summed E-state index contributed by atoms with van der Waals surface area (Å²) in [5.74, 6) is -1.60. The average molecular weight is 300 g/mol. The Labute approximate surface area is 119 Å². The highest BCUT2D eigenvalue weighted by Crippen LogP contribution is 2.17. The Morgan fingerprint density at radius 3 is 2.57 bits per heavy atom. The molecule has 0 spiro atoms. The molecule has 0 aromatic heterocycles. The summed E-state index contributed by atoms with van der Waals surface area (Å²) < 4.78 is 28.3. The van der Waals surface area contributed by atoms with Gasteiger partial charge in [0.2, 0.25) is 0 Å². The summed E-state index contributed by atoms with van der Waals surface area (Å²) in [5, 5.41) is 12.0. The molecule has 8 heteroatoms. The van der Waals surface area contributed by atoms with Crippen LogP contribution >= 0.6 is 0 Å². The van der Waals surface area contributed by atoms with E-state index in [0.717, 1.165) is 0 Å². The van der Waals surface area contributed by atoms with Crippen LogP contribution in [0.1, 0.15) is 10.4 Å². The number of ether oxygens (including phenoxy) is 1. The van der Waals surface area contributed by atoms with Crippen molar-refractivity contribution in [1.82, 2.24) is 10.2 Å². The van der Waals surface area contributed by atoms with Crippen LogP contribution in [0.2, 0.25) is 0 Å². The van der Waals surface area contributed by atoms with E-state index in [0.29, 0.717) is 6.54 Å². The van der Waals surface area contributed by atoms with E-state index in [2.05, 4.69) is 10.1 Å². The molecule has 1 aromatic carbocycles. The zero-order valence-corrected chi connectivity index (χ0v) is 11.0. The first kappa shape index (κ1) is 15.2. The molecule has 1 fully saturated rings. The lowest BCUT2D eigenvalue weighted by molar-refractivity contribution is -0.142. The summed E-state index contributed by atoms with van der Waals surface area (Å²) in [6.07, 6.45) is 0. The van der Waals surface area contributed by atoms with Gasteiger partial charge in [0.1, 0.15) is 11.8 Å². The molecule has 1 aromatic rings. The van der Waals surface area contributed by atoms with Crippen LogP contribution in [0.4, 0.5) is 8.78 Å². The largest absolute Gasteiger partial charge is 0.480 e. The van der Waals surface area contributed by atoms with Crippen molar-refractivity contribution in [1.29, 1.82) is 0 Å². The first-order valence-corrected chi connectivity index (χ1v) is 6.28. The van der Waals surface area contributed by atoms with Gasteiger partial charge in [-0.05, 0) is 24.3 Å². The van der Waals surface area contributed by atoms with E-state index in [4.69, 9.17) is 5.11 Å². The van der Waals surface area contributed by atoms with E-state index < -0.39 is 24.5 Å². The van der Waals surface area contributed by atoms with Crippen LogP contribution in [-0.2, 0) is 4.79 Å². The molecule has 1 aliphatic rings. The number of benzene rings is 1. The molecule has 1 unspecified atom stereocenters. The fourth-order valence-corrected chi connectivity index (χ4v) is 2.11. The number of piperazine rings is 1. The smallest absolute Gasteiger partial charge is 0.387 e. The molecule has 21 heavy (non-hydrogen) atoms. The number of carboxylic acid groups (broad SMARTS) is 1. The average Bonchev–Trinajstić information content (AvgIpc) is 2.46. The molecule has 2 N–H and O–H groups in total. The number of halogens is 2. The zero-order valence-electron chi connectivity index (χ0n) is 11.0. The molecule has 0 saturated carbocycles. The maximum atomic E-state index is 12.3. The van der Waals surface area contributed by atoms with Crippen LogP contribution in [-0.4, -0.2) is 54.2 Å². The van der Waals surface area contributed by atoms with Crippen LogP contribution in [0.25, 0.3) is 0 Å². The molecule has 1 heterocycles. The number of carbonyl (C=O) groups is 2. The van der Waals surface area contributed by atoms with Crippen LogP contribution in [0, 0.1) is 0 Å². The number of carbonyl (C=O) groups excluding carboxylic acids is 1. The lowest BCUT2D eigenvalue weighted by Gasteiger charge is -2.33. The molecule has 1 amide bonds. The van der Waals surface area contributed by atoms with Gasteiger partial charge in [-0.3, -0.25) is 4.79 Å². The van der Waals surface area contributed by atoms with Gasteiger partial charge < -0.3 is 20.1 Å². The fraction of sp³-hybridized carbons (Fsp3) is 0.385. The van der Waals surface area contributed by atoms with Gasteiger partial charge in [0.05, 0.1) is 0 Å². The highest BCUT2D eigenvalue weighted by molar-refractivity contribution is 5.96. The first-order valence-electron chi connectivity index (χ1n) is 6.28. The highest BCUT2D eigenvalue weighted by atomic mass is 19.3. The number of hydrogen-bond acceptors (Lipinski definition) is 4. The molecule has 6 nitrogen and oxygen atoms in total. The molecule has 1 aliphatic heterocycles. The Kier molecular flexibility index (Phi) is 4.69. The van der Waals surface area contributed by atoms with Gasteiger partial charge in [0.25, 0.3) is 5.91 Å². The monoisotopic (exact) mass is 300 g/mol. The quantitative estimate of drug-likeness (QED) is 0.859. The maximum absolute atomic E-state index is 12.3. The molecule has 0 aliphatic carbocycles. The second-order valence-corrected chi connectivity index (χ2v) is 4.46. The van der Waals surface area contributed by atoms with E-state index in [1.165, 1.54) is 29.2 Å². The Bertz CT molecular complexity index is 521. The number of hydrogen-bond donors (Lipinski definition) is 2. The summed E-state index contributed by atoms with van der Waals surface area (Å²) in [6, 6.07) is 4.22. The lowest BCUT2D eigenvalue weighted by atomic mass is 10.1. The van der Waals surface area contributed by atoms with Gasteiger partial charge in [-0.1, -0.05) is 0 Å². The van der Waals surface area contributed by atoms with Crippen LogP contribution in [0.15, 0.2) is 24.3 Å². The van der Waals surface area contributed by atoms with E-state index in [-0.39, 0.29) is 24.4 Å². The normalized spacial score (nSPS) is 18.6. The van der Waals surface area contributed by atoms with Crippen molar-refractivity contribution in [2.45, 2.75) is 12.7 Å².